The van der Waals surface area contributed by atoms with Crippen molar-refractivity contribution in [1.29, 1.82) is 0 Å². The van der Waals surface area contributed by atoms with Gasteiger partial charge in [-0.2, -0.15) is 0 Å². The highest BCUT2D eigenvalue weighted by molar-refractivity contribution is 5.21. The van der Waals surface area contributed by atoms with Crippen LogP contribution in [0.3, 0.4) is 0 Å². The summed E-state index contributed by atoms with van der Waals surface area (Å²) >= 11 is 0. The van der Waals surface area contributed by atoms with Gasteiger partial charge in [-0.25, -0.2) is 0 Å². The lowest BCUT2D eigenvalue weighted by atomic mass is 9.87. The third-order valence-corrected chi connectivity index (χ3v) is 3.23. The van der Waals surface area contributed by atoms with Crippen LogP contribution in [0.1, 0.15) is 25.3 Å². The first-order valence-electron chi connectivity index (χ1n) is 5.54. The summed E-state index contributed by atoms with van der Waals surface area (Å²) in [5.74, 6) is -0.127. The van der Waals surface area contributed by atoms with E-state index in [0.29, 0.717) is 5.92 Å². The second-order valence-corrected chi connectivity index (χ2v) is 4.13. The fraction of sp³-hybridized carbons (Fsp3) is 0.538. The van der Waals surface area contributed by atoms with Crippen molar-refractivity contribution < 1.29 is 9.47 Å². The molecule has 82 valence electrons. The summed E-state index contributed by atoms with van der Waals surface area (Å²) in [6.45, 7) is 2.97. The predicted molar refractivity (Wildman–Crippen MR) is 59.5 cm³/mol. The van der Waals surface area contributed by atoms with Crippen molar-refractivity contribution in [3.8, 4) is 0 Å². The number of ether oxygens (including phenoxy) is 2. The van der Waals surface area contributed by atoms with Crippen molar-refractivity contribution in [2.75, 3.05) is 13.7 Å². The smallest absolute Gasteiger partial charge is 0.197 e. The molecule has 1 aliphatic heterocycles. The SMILES string of the molecule is COC1(c2ccccc2)OCCCC1C. The lowest BCUT2D eigenvalue weighted by molar-refractivity contribution is -0.279. The molecule has 1 aromatic rings. The summed E-state index contributed by atoms with van der Waals surface area (Å²) < 4.78 is 11.5. The van der Waals surface area contributed by atoms with E-state index in [4.69, 9.17) is 9.47 Å². The van der Waals surface area contributed by atoms with Crippen LogP contribution in [0.4, 0.5) is 0 Å². The van der Waals surface area contributed by atoms with Crippen molar-refractivity contribution in [2.45, 2.75) is 25.6 Å². The van der Waals surface area contributed by atoms with E-state index >= 15 is 0 Å². The van der Waals surface area contributed by atoms with Crippen molar-refractivity contribution in [3.05, 3.63) is 35.9 Å². The highest BCUT2D eigenvalue weighted by Gasteiger charge is 2.41. The topological polar surface area (TPSA) is 18.5 Å². The molecule has 1 saturated heterocycles. The zero-order valence-electron chi connectivity index (χ0n) is 9.40. The van der Waals surface area contributed by atoms with Gasteiger partial charge in [-0.05, 0) is 12.8 Å². The van der Waals surface area contributed by atoms with Crippen LogP contribution in [-0.2, 0) is 15.3 Å². The predicted octanol–water partition coefficient (Wildman–Crippen LogP) is 2.93. The minimum Gasteiger partial charge on any atom is -0.349 e. The molecule has 0 aromatic heterocycles. The number of hydrogen-bond donors (Lipinski definition) is 0. The van der Waals surface area contributed by atoms with Crippen LogP contribution >= 0.6 is 0 Å². The van der Waals surface area contributed by atoms with E-state index in [-0.39, 0.29) is 0 Å². The quantitative estimate of drug-likeness (QED) is 0.740. The molecule has 2 atom stereocenters. The maximum absolute atomic E-state index is 5.89. The molecule has 0 amide bonds. The molecule has 1 aliphatic rings. The fourth-order valence-corrected chi connectivity index (χ4v) is 2.36. The average molecular weight is 206 g/mol. The Morgan fingerprint density at radius 3 is 2.67 bits per heavy atom. The third kappa shape index (κ3) is 1.80. The minimum atomic E-state index is -0.528. The molecule has 0 radical (unpaired) electrons. The van der Waals surface area contributed by atoms with E-state index in [9.17, 15) is 0 Å². The summed E-state index contributed by atoms with van der Waals surface area (Å²) in [6, 6.07) is 10.2. The van der Waals surface area contributed by atoms with Crippen LogP contribution < -0.4 is 0 Å². The Morgan fingerprint density at radius 2 is 2.07 bits per heavy atom. The summed E-state index contributed by atoms with van der Waals surface area (Å²) in [5, 5.41) is 0. The Bertz CT molecular complexity index is 310. The van der Waals surface area contributed by atoms with Crippen LogP contribution in [0.15, 0.2) is 30.3 Å². The lowest BCUT2D eigenvalue weighted by Crippen LogP contribution is -2.42. The molecule has 2 unspecified atom stereocenters. The summed E-state index contributed by atoms with van der Waals surface area (Å²) in [5.41, 5.74) is 1.12. The highest BCUT2D eigenvalue weighted by atomic mass is 16.7. The molecular weight excluding hydrogens is 188 g/mol. The molecule has 1 fully saturated rings. The van der Waals surface area contributed by atoms with Crippen LogP contribution in [0.2, 0.25) is 0 Å². The van der Waals surface area contributed by atoms with Crippen molar-refractivity contribution in [3.63, 3.8) is 0 Å². The van der Waals surface area contributed by atoms with E-state index in [2.05, 4.69) is 19.1 Å². The minimum absolute atomic E-state index is 0.402. The second-order valence-electron chi connectivity index (χ2n) is 4.13. The second kappa shape index (κ2) is 4.33. The first-order valence-corrected chi connectivity index (χ1v) is 5.54. The largest absolute Gasteiger partial charge is 0.349 e. The van der Waals surface area contributed by atoms with Gasteiger partial charge in [0.2, 0.25) is 0 Å². The Labute approximate surface area is 91.2 Å². The lowest BCUT2D eigenvalue weighted by Gasteiger charge is -2.41. The summed E-state index contributed by atoms with van der Waals surface area (Å²) in [7, 11) is 1.73. The van der Waals surface area contributed by atoms with Crippen LogP contribution in [0.5, 0.6) is 0 Å². The number of methoxy groups -OCH3 is 1. The molecule has 1 aromatic carbocycles. The van der Waals surface area contributed by atoms with E-state index < -0.39 is 5.79 Å². The molecule has 0 saturated carbocycles. The molecule has 2 nitrogen and oxygen atoms in total. The molecule has 0 spiro atoms. The van der Waals surface area contributed by atoms with Gasteiger partial charge in [0.25, 0.3) is 0 Å². The third-order valence-electron chi connectivity index (χ3n) is 3.23. The first-order chi connectivity index (χ1) is 7.29. The molecule has 0 bridgehead atoms. The number of rotatable bonds is 2. The standard InChI is InChI=1S/C13H18O2/c1-11-7-6-10-15-13(11,14-2)12-8-4-3-5-9-12/h3-5,8-9,11H,6-7,10H2,1-2H3. The molecule has 0 aliphatic carbocycles. The number of benzene rings is 1. The van der Waals surface area contributed by atoms with E-state index in [1.54, 1.807) is 7.11 Å². The molecule has 0 N–H and O–H groups in total. The Kier molecular flexibility index (Phi) is 3.08. The van der Waals surface area contributed by atoms with Crippen LogP contribution in [0.25, 0.3) is 0 Å². The van der Waals surface area contributed by atoms with Gasteiger partial charge in [-0.15, -0.1) is 0 Å². The fourth-order valence-electron chi connectivity index (χ4n) is 2.36. The number of hydrogen-bond acceptors (Lipinski definition) is 2. The Balaban J connectivity index is 2.35. The van der Waals surface area contributed by atoms with Gasteiger partial charge in [0, 0.05) is 18.6 Å². The van der Waals surface area contributed by atoms with Crippen molar-refractivity contribution in [2.24, 2.45) is 5.92 Å². The van der Waals surface area contributed by atoms with Crippen molar-refractivity contribution >= 4 is 0 Å². The van der Waals surface area contributed by atoms with Gasteiger partial charge >= 0.3 is 0 Å². The molecule has 15 heavy (non-hydrogen) atoms. The van der Waals surface area contributed by atoms with Crippen LogP contribution in [-0.4, -0.2) is 13.7 Å². The first kappa shape index (κ1) is 10.7. The highest BCUT2D eigenvalue weighted by Crippen LogP contribution is 2.40. The Hall–Kier alpha value is -0.860. The van der Waals surface area contributed by atoms with Gasteiger partial charge in [0.05, 0.1) is 6.61 Å². The Morgan fingerprint density at radius 1 is 1.33 bits per heavy atom. The molecule has 1 heterocycles. The van der Waals surface area contributed by atoms with Gasteiger partial charge in [-0.3, -0.25) is 0 Å². The van der Waals surface area contributed by atoms with Gasteiger partial charge in [0.15, 0.2) is 5.79 Å². The normalized spacial score (nSPS) is 31.5. The van der Waals surface area contributed by atoms with E-state index in [1.807, 2.05) is 18.2 Å². The zero-order valence-corrected chi connectivity index (χ0v) is 9.40. The van der Waals surface area contributed by atoms with Gasteiger partial charge < -0.3 is 9.47 Å². The van der Waals surface area contributed by atoms with Gasteiger partial charge in [-0.1, -0.05) is 37.3 Å². The maximum atomic E-state index is 5.89. The molecule has 2 rings (SSSR count). The zero-order chi connectivity index (χ0) is 10.7. The van der Waals surface area contributed by atoms with E-state index in [1.165, 1.54) is 0 Å². The van der Waals surface area contributed by atoms with E-state index in [0.717, 1.165) is 25.0 Å². The van der Waals surface area contributed by atoms with Gasteiger partial charge in [0.1, 0.15) is 0 Å². The summed E-state index contributed by atoms with van der Waals surface area (Å²) in [4.78, 5) is 0. The average Bonchev–Trinajstić information content (AvgIpc) is 2.31. The van der Waals surface area contributed by atoms with Crippen LogP contribution in [0, 0.1) is 5.92 Å². The monoisotopic (exact) mass is 206 g/mol. The summed E-state index contributed by atoms with van der Waals surface area (Å²) in [6.07, 6.45) is 2.28. The maximum Gasteiger partial charge on any atom is 0.197 e. The molecular formula is C13H18O2. The van der Waals surface area contributed by atoms with Crippen molar-refractivity contribution in [1.82, 2.24) is 0 Å². The molecule has 2 heteroatoms.